The van der Waals surface area contributed by atoms with Crippen LogP contribution in [0, 0.1) is 5.82 Å². The molecule has 4 rings (SSSR count). The molecular formula is C21H17F4NO4. The fourth-order valence-corrected chi connectivity index (χ4v) is 4.25. The minimum absolute atomic E-state index is 0.123. The Hall–Kier alpha value is -3.07. The highest BCUT2D eigenvalue weighted by atomic mass is 19.4. The van der Waals surface area contributed by atoms with Gasteiger partial charge >= 0.3 is 11.8 Å². The second-order valence-electron chi connectivity index (χ2n) is 7.51. The van der Waals surface area contributed by atoms with Crippen molar-refractivity contribution >= 4 is 16.5 Å². The Morgan fingerprint density at radius 3 is 2.63 bits per heavy atom. The molecule has 1 aliphatic rings. The summed E-state index contributed by atoms with van der Waals surface area (Å²) in [5.74, 6) is -2.30. The highest BCUT2D eigenvalue weighted by Gasteiger charge is 2.62. The molecule has 1 aliphatic carbocycles. The normalized spacial score (nSPS) is 23.9. The van der Waals surface area contributed by atoms with Crippen molar-refractivity contribution in [3.63, 3.8) is 0 Å². The number of benzene rings is 2. The number of aromatic hydroxyl groups is 1. The number of anilines is 1. The molecule has 0 saturated heterocycles. The van der Waals surface area contributed by atoms with E-state index in [2.05, 4.69) is 5.32 Å². The third-order valence-corrected chi connectivity index (χ3v) is 5.58. The third kappa shape index (κ3) is 3.00. The van der Waals surface area contributed by atoms with Gasteiger partial charge in [0.05, 0.1) is 17.7 Å². The zero-order valence-corrected chi connectivity index (χ0v) is 15.6. The number of nitrogens with one attached hydrogen (secondary N) is 1. The molecule has 3 unspecified atom stereocenters. The highest BCUT2D eigenvalue weighted by molar-refractivity contribution is 5.93. The molecule has 2 aromatic carbocycles. The van der Waals surface area contributed by atoms with E-state index < -0.39 is 47.4 Å². The summed E-state index contributed by atoms with van der Waals surface area (Å²) in [7, 11) is 0. The third-order valence-electron chi connectivity index (χ3n) is 5.58. The van der Waals surface area contributed by atoms with Crippen LogP contribution in [0.15, 0.2) is 51.9 Å². The Morgan fingerprint density at radius 2 is 1.93 bits per heavy atom. The highest BCUT2D eigenvalue weighted by Crippen LogP contribution is 2.54. The molecule has 0 fully saturated rings. The van der Waals surface area contributed by atoms with Gasteiger partial charge in [0, 0.05) is 22.7 Å². The zero-order valence-electron chi connectivity index (χ0n) is 15.6. The van der Waals surface area contributed by atoms with E-state index >= 15 is 0 Å². The van der Waals surface area contributed by atoms with Crippen LogP contribution in [-0.2, 0) is 0 Å². The number of phenolic OH excluding ortho intramolecular Hbond substituents is 1. The molecule has 3 aromatic rings. The predicted molar refractivity (Wildman–Crippen MR) is 101 cm³/mol. The number of fused-ring (bicyclic) bond motifs is 2. The number of rotatable bonds is 2. The number of hydrogen-bond donors (Lipinski definition) is 3. The van der Waals surface area contributed by atoms with Crippen LogP contribution in [0.5, 0.6) is 5.75 Å². The van der Waals surface area contributed by atoms with Gasteiger partial charge in [0.1, 0.15) is 11.6 Å². The van der Waals surface area contributed by atoms with Crippen LogP contribution in [0.3, 0.4) is 0 Å². The van der Waals surface area contributed by atoms with Gasteiger partial charge in [-0.2, -0.15) is 13.2 Å². The van der Waals surface area contributed by atoms with Crippen molar-refractivity contribution < 1.29 is 32.2 Å². The van der Waals surface area contributed by atoms with Gasteiger partial charge < -0.3 is 19.9 Å². The van der Waals surface area contributed by atoms with Crippen molar-refractivity contribution in [1.82, 2.24) is 0 Å². The maximum absolute atomic E-state index is 14.0. The molecule has 0 saturated carbocycles. The lowest BCUT2D eigenvalue weighted by Crippen LogP contribution is -2.55. The molecule has 0 radical (unpaired) electrons. The van der Waals surface area contributed by atoms with E-state index in [-0.39, 0.29) is 27.6 Å². The first-order chi connectivity index (χ1) is 14.0. The molecule has 1 aromatic heterocycles. The van der Waals surface area contributed by atoms with E-state index in [1.807, 2.05) is 0 Å². The second kappa shape index (κ2) is 6.73. The lowest BCUT2D eigenvalue weighted by molar-refractivity contribution is -0.272. The van der Waals surface area contributed by atoms with Gasteiger partial charge in [-0.1, -0.05) is 13.0 Å². The summed E-state index contributed by atoms with van der Waals surface area (Å²) in [6, 6.07) is 5.61. The van der Waals surface area contributed by atoms with Crippen LogP contribution < -0.4 is 10.9 Å². The summed E-state index contributed by atoms with van der Waals surface area (Å²) in [4.78, 5) is 11.9. The molecule has 9 heteroatoms. The fourth-order valence-electron chi connectivity index (χ4n) is 4.25. The molecule has 0 spiro atoms. The van der Waals surface area contributed by atoms with Crippen molar-refractivity contribution in [1.29, 1.82) is 0 Å². The van der Waals surface area contributed by atoms with Crippen LogP contribution in [0.4, 0.5) is 23.2 Å². The van der Waals surface area contributed by atoms with Gasteiger partial charge in [0.2, 0.25) is 0 Å². The summed E-state index contributed by atoms with van der Waals surface area (Å²) in [5.41, 5.74) is -3.88. The summed E-state index contributed by atoms with van der Waals surface area (Å²) in [6.45, 7) is 1.42. The fraction of sp³-hybridized carbons (Fsp3) is 0.286. The smallest absolute Gasteiger partial charge is 0.419 e. The van der Waals surface area contributed by atoms with Crippen molar-refractivity contribution in [2.24, 2.45) is 0 Å². The average molecular weight is 423 g/mol. The van der Waals surface area contributed by atoms with E-state index in [1.165, 1.54) is 31.2 Å². The minimum atomic E-state index is -5.05. The summed E-state index contributed by atoms with van der Waals surface area (Å²) in [6.07, 6.45) is -4.69. The molecule has 3 atom stereocenters. The van der Waals surface area contributed by atoms with Gasteiger partial charge in [-0.25, -0.2) is 9.18 Å². The van der Waals surface area contributed by atoms with E-state index in [0.717, 1.165) is 18.4 Å². The van der Waals surface area contributed by atoms with E-state index in [1.54, 1.807) is 0 Å². The molecule has 30 heavy (non-hydrogen) atoms. The van der Waals surface area contributed by atoms with Gasteiger partial charge in [-0.15, -0.1) is 0 Å². The molecule has 1 heterocycles. The number of alkyl halides is 3. The van der Waals surface area contributed by atoms with E-state index in [9.17, 15) is 32.6 Å². The van der Waals surface area contributed by atoms with Crippen molar-refractivity contribution in [2.45, 2.75) is 37.1 Å². The standard InChI is InChI=1S/C21H17F4NO4/c1-10-9-20(29,21(23,24)25)18(14-7-11(22)8-16(27)17(10)14)26-15-4-2-3-13-12(15)5-6-30-19(13)28/h2-8,10,18,26-27,29H,9H2,1H3. The minimum Gasteiger partial charge on any atom is -0.508 e. The van der Waals surface area contributed by atoms with Crippen LogP contribution in [0.25, 0.3) is 10.8 Å². The Labute approximate surface area is 167 Å². The first-order valence-corrected chi connectivity index (χ1v) is 9.11. The van der Waals surface area contributed by atoms with E-state index in [0.29, 0.717) is 0 Å². The van der Waals surface area contributed by atoms with Crippen LogP contribution in [0.2, 0.25) is 0 Å². The number of hydrogen-bond acceptors (Lipinski definition) is 5. The Morgan fingerprint density at radius 1 is 1.20 bits per heavy atom. The van der Waals surface area contributed by atoms with Crippen molar-refractivity contribution in [3.05, 3.63) is 70.0 Å². The molecule has 5 nitrogen and oxygen atoms in total. The first kappa shape index (κ1) is 20.2. The van der Waals surface area contributed by atoms with Crippen LogP contribution >= 0.6 is 0 Å². The summed E-state index contributed by atoms with van der Waals surface area (Å²) >= 11 is 0. The average Bonchev–Trinajstić information content (AvgIpc) is 2.64. The van der Waals surface area contributed by atoms with Gasteiger partial charge in [0.15, 0.2) is 5.60 Å². The van der Waals surface area contributed by atoms with Crippen LogP contribution in [-0.4, -0.2) is 22.0 Å². The Balaban J connectivity index is 1.95. The molecule has 0 aliphatic heterocycles. The quantitative estimate of drug-likeness (QED) is 0.525. The van der Waals surface area contributed by atoms with Crippen molar-refractivity contribution in [2.75, 3.05) is 5.32 Å². The van der Waals surface area contributed by atoms with Gasteiger partial charge in [0.25, 0.3) is 0 Å². The lowest BCUT2D eigenvalue weighted by Gasteiger charge is -2.45. The monoisotopic (exact) mass is 423 g/mol. The molecule has 3 N–H and O–H groups in total. The molecule has 0 amide bonds. The lowest BCUT2D eigenvalue weighted by atomic mass is 9.70. The largest absolute Gasteiger partial charge is 0.508 e. The maximum Gasteiger partial charge on any atom is 0.419 e. The summed E-state index contributed by atoms with van der Waals surface area (Å²) in [5, 5.41) is 24.0. The van der Waals surface area contributed by atoms with Gasteiger partial charge in [-0.3, -0.25) is 0 Å². The van der Waals surface area contributed by atoms with Gasteiger partial charge in [-0.05, 0) is 42.2 Å². The number of phenols is 1. The predicted octanol–water partition coefficient (Wildman–Crippen LogP) is 4.59. The molecular weight excluding hydrogens is 406 g/mol. The zero-order chi connectivity index (χ0) is 21.8. The van der Waals surface area contributed by atoms with Crippen molar-refractivity contribution in [3.8, 4) is 5.75 Å². The Kier molecular flexibility index (Phi) is 4.54. The summed E-state index contributed by atoms with van der Waals surface area (Å²) < 4.78 is 60.9. The SMILES string of the molecule is CC1CC(O)(C(F)(F)F)C(Nc2cccc3c(=O)occc23)c2cc(F)cc(O)c21. The second-order valence-corrected chi connectivity index (χ2v) is 7.51. The first-order valence-electron chi connectivity index (χ1n) is 9.11. The molecule has 0 bridgehead atoms. The molecule has 158 valence electrons. The maximum atomic E-state index is 14.0. The van der Waals surface area contributed by atoms with E-state index in [4.69, 9.17) is 4.42 Å². The topological polar surface area (TPSA) is 82.7 Å². The Bertz CT molecular complexity index is 1190. The van der Waals surface area contributed by atoms with Crippen LogP contribution in [0.1, 0.15) is 36.4 Å². The number of aliphatic hydroxyl groups is 1. The number of halogens is 4.